The topological polar surface area (TPSA) is 42.3 Å². The van der Waals surface area contributed by atoms with Crippen LogP contribution in [0.5, 0.6) is 0 Å². The number of hydrogen-bond acceptors (Lipinski definition) is 2. The number of halogens is 1. The van der Waals surface area contributed by atoms with Gasteiger partial charge < -0.3 is 9.47 Å². The Morgan fingerprint density at radius 1 is 1.12 bits per heavy atom. The number of carbonyl (C=O) groups is 1. The molecule has 4 nitrogen and oxygen atoms in total. The van der Waals surface area contributed by atoms with Gasteiger partial charge in [-0.1, -0.05) is 37.3 Å². The van der Waals surface area contributed by atoms with Crippen LogP contribution in [0.1, 0.15) is 35.3 Å². The zero-order chi connectivity index (χ0) is 18.8. The van der Waals surface area contributed by atoms with Crippen molar-refractivity contribution < 1.29 is 9.18 Å². The van der Waals surface area contributed by atoms with Crippen LogP contribution in [0.25, 0.3) is 10.8 Å². The SMILES string of the molecule is CC[C@@H](c1ccc(F)cc1)N(C)C(=O)c1cn(C)c(=O)c2ccccc12. The Labute approximate surface area is 151 Å². The molecule has 0 bridgehead atoms. The number of amides is 1. The molecule has 1 heterocycles. The van der Waals surface area contributed by atoms with Gasteiger partial charge in [0.25, 0.3) is 11.5 Å². The van der Waals surface area contributed by atoms with Crippen LogP contribution in [0.15, 0.2) is 59.5 Å². The molecule has 1 amide bonds. The fraction of sp³-hybridized carbons (Fsp3) is 0.238. The lowest BCUT2D eigenvalue weighted by atomic mass is 10.0. The van der Waals surface area contributed by atoms with Gasteiger partial charge in [-0.3, -0.25) is 9.59 Å². The molecule has 0 aliphatic heterocycles. The van der Waals surface area contributed by atoms with E-state index in [9.17, 15) is 14.0 Å². The maximum Gasteiger partial charge on any atom is 0.258 e. The van der Waals surface area contributed by atoms with E-state index in [0.29, 0.717) is 22.8 Å². The van der Waals surface area contributed by atoms with Crippen LogP contribution in [-0.2, 0) is 7.05 Å². The van der Waals surface area contributed by atoms with Crippen molar-refractivity contribution in [3.05, 3.63) is 82.0 Å². The van der Waals surface area contributed by atoms with Crippen LogP contribution in [0.4, 0.5) is 4.39 Å². The Hall–Kier alpha value is -2.95. The van der Waals surface area contributed by atoms with Crippen molar-refractivity contribution in [2.45, 2.75) is 19.4 Å². The van der Waals surface area contributed by atoms with Gasteiger partial charge in [-0.25, -0.2) is 4.39 Å². The van der Waals surface area contributed by atoms with E-state index in [1.165, 1.54) is 16.7 Å². The molecule has 0 saturated heterocycles. The summed E-state index contributed by atoms with van der Waals surface area (Å²) in [4.78, 5) is 27.2. The first-order valence-electron chi connectivity index (χ1n) is 8.55. The van der Waals surface area contributed by atoms with E-state index < -0.39 is 0 Å². The number of fused-ring (bicyclic) bond motifs is 1. The first-order valence-corrected chi connectivity index (χ1v) is 8.55. The summed E-state index contributed by atoms with van der Waals surface area (Å²) >= 11 is 0. The predicted molar refractivity (Wildman–Crippen MR) is 101 cm³/mol. The molecule has 0 saturated carbocycles. The summed E-state index contributed by atoms with van der Waals surface area (Å²) in [5.74, 6) is -0.477. The fourth-order valence-corrected chi connectivity index (χ4v) is 3.34. The van der Waals surface area contributed by atoms with Crippen molar-refractivity contribution in [3.8, 4) is 0 Å². The van der Waals surface area contributed by atoms with Crippen molar-refractivity contribution in [2.75, 3.05) is 7.05 Å². The number of aromatic nitrogens is 1. The Morgan fingerprint density at radius 2 is 1.73 bits per heavy atom. The molecule has 26 heavy (non-hydrogen) atoms. The van der Waals surface area contributed by atoms with Crippen molar-refractivity contribution in [1.82, 2.24) is 9.47 Å². The highest BCUT2D eigenvalue weighted by atomic mass is 19.1. The third-order valence-corrected chi connectivity index (χ3v) is 4.75. The first-order chi connectivity index (χ1) is 12.4. The van der Waals surface area contributed by atoms with Gasteiger partial charge in [0.05, 0.1) is 11.6 Å². The van der Waals surface area contributed by atoms with Gasteiger partial charge in [0.1, 0.15) is 5.82 Å². The fourth-order valence-electron chi connectivity index (χ4n) is 3.34. The largest absolute Gasteiger partial charge is 0.335 e. The molecule has 1 aromatic heterocycles. The third-order valence-electron chi connectivity index (χ3n) is 4.75. The van der Waals surface area contributed by atoms with Crippen molar-refractivity contribution >= 4 is 16.7 Å². The summed E-state index contributed by atoms with van der Waals surface area (Å²) in [6.45, 7) is 1.98. The lowest BCUT2D eigenvalue weighted by Gasteiger charge is -2.28. The van der Waals surface area contributed by atoms with Crippen LogP contribution >= 0.6 is 0 Å². The van der Waals surface area contributed by atoms with Gasteiger partial charge in [-0.2, -0.15) is 0 Å². The molecular weight excluding hydrogens is 331 g/mol. The van der Waals surface area contributed by atoms with E-state index in [1.807, 2.05) is 13.0 Å². The monoisotopic (exact) mass is 352 g/mol. The Balaban J connectivity index is 2.05. The number of carbonyl (C=O) groups excluding carboxylic acids is 1. The van der Waals surface area contributed by atoms with E-state index in [0.717, 1.165) is 5.56 Å². The van der Waals surface area contributed by atoms with Crippen molar-refractivity contribution in [2.24, 2.45) is 7.05 Å². The smallest absolute Gasteiger partial charge is 0.258 e. The minimum absolute atomic E-state index is 0.134. The predicted octanol–water partition coefficient (Wildman–Crippen LogP) is 3.90. The summed E-state index contributed by atoms with van der Waals surface area (Å²) in [6.07, 6.45) is 2.28. The second-order valence-electron chi connectivity index (χ2n) is 6.40. The Kier molecular flexibility index (Phi) is 4.89. The van der Waals surface area contributed by atoms with Crippen molar-refractivity contribution in [1.29, 1.82) is 0 Å². The van der Waals surface area contributed by atoms with Gasteiger partial charge in [-0.15, -0.1) is 0 Å². The molecule has 0 aliphatic rings. The molecular formula is C21H21FN2O2. The maximum absolute atomic E-state index is 13.2. The van der Waals surface area contributed by atoms with Gasteiger partial charge in [0.2, 0.25) is 0 Å². The molecule has 0 aliphatic carbocycles. The minimum Gasteiger partial charge on any atom is -0.335 e. The van der Waals surface area contributed by atoms with Gasteiger partial charge >= 0.3 is 0 Å². The van der Waals surface area contributed by atoms with Crippen molar-refractivity contribution in [3.63, 3.8) is 0 Å². The molecule has 1 atom stereocenters. The van der Waals surface area contributed by atoms with E-state index in [4.69, 9.17) is 0 Å². The number of benzene rings is 2. The zero-order valence-electron chi connectivity index (χ0n) is 15.1. The normalized spacial score (nSPS) is 12.2. The van der Waals surface area contributed by atoms with E-state index >= 15 is 0 Å². The van der Waals surface area contributed by atoms with Gasteiger partial charge in [0.15, 0.2) is 0 Å². The highest BCUT2D eigenvalue weighted by Gasteiger charge is 2.23. The number of hydrogen-bond donors (Lipinski definition) is 0. The molecule has 0 N–H and O–H groups in total. The molecule has 0 fully saturated rings. The number of rotatable bonds is 4. The zero-order valence-corrected chi connectivity index (χ0v) is 15.1. The summed E-state index contributed by atoms with van der Waals surface area (Å²) in [5.41, 5.74) is 1.22. The Bertz CT molecular complexity index is 1010. The lowest BCUT2D eigenvalue weighted by molar-refractivity contribution is 0.0727. The van der Waals surface area contributed by atoms with E-state index in [1.54, 1.807) is 55.5 Å². The molecule has 0 unspecified atom stereocenters. The molecule has 3 rings (SSSR count). The first kappa shape index (κ1) is 17.9. The highest BCUT2D eigenvalue weighted by molar-refractivity contribution is 6.06. The standard InChI is InChI=1S/C21H21FN2O2/c1-4-19(14-9-11-15(22)12-10-14)24(3)21(26)18-13-23(2)20(25)17-8-6-5-7-16(17)18/h5-13,19H,4H2,1-3H3/t19-/m0/s1. The number of pyridine rings is 1. The number of aryl methyl sites for hydroxylation is 1. The second-order valence-corrected chi connectivity index (χ2v) is 6.40. The van der Waals surface area contributed by atoms with Crippen LogP contribution in [0.3, 0.4) is 0 Å². The molecule has 2 aromatic carbocycles. The molecule has 0 radical (unpaired) electrons. The van der Waals surface area contributed by atoms with Crippen LogP contribution in [-0.4, -0.2) is 22.4 Å². The summed E-state index contributed by atoms with van der Waals surface area (Å²) in [7, 11) is 3.38. The average molecular weight is 352 g/mol. The molecule has 0 spiro atoms. The molecule has 5 heteroatoms. The van der Waals surface area contributed by atoms with Crippen LogP contribution in [0, 0.1) is 5.82 Å². The van der Waals surface area contributed by atoms with E-state index in [2.05, 4.69) is 0 Å². The number of nitrogens with zero attached hydrogens (tertiary/aromatic N) is 2. The highest BCUT2D eigenvalue weighted by Crippen LogP contribution is 2.26. The van der Waals surface area contributed by atoms with Gasteiger partial charge in [0, 0.05) is 31.1 Å². The summed E-state index contributed by atoms with van der Waals surface area (Å²) in [6, 6.07) is 13.1. The molecule has 3 aromatic rings. The second kappa shape index (κ2) is 7.12. The lowest BCUT2D eigenvalue weighted by Crippen LogP contribution is -2.32. The van der Waals surface area contributed by atoms with Gasteiger partial charge in [-0.05, 0) is 30.2 Å². The average Bonchev–Trinajstić information content (AvgIpc) is 2.66. The van der Waals surface area contributed by atoms with Crippen LogP contribution < -0.4 is 5.56 Å². The van der Waals surface area contributed by atoms with Crippen LogP contribution in [0.2, 0.25) is 0 Å². The summed E-state index contributed by atoms with van der Waals surface area (Å²) < 4.78 is 14.7. The Morgan fingerprint density at radius 3 is 2.35 bits per heavy atom. The minimum atomic E-state index is -0.304. The third kappa shape index (κ3) is 3.12. The summed E-state index contributed by atoms with van der Waals surface area (Å²) in [5, 5.41) is 1.16. The molecule has 134 valence electrons. The quantitative estimate of drug-likeness (QED) is 0.715. The maximum atomic E-state index is 13.2. The van der Waals surface area contributed by atoms with E-state index in [-0.39, 0.29) is 23.3 Å².